The largest absolute Gasteiger partial charge is 0.432 e. The van der Waals surface area contributed by atoms with Gasteiger partial charge in [0.15, 0.2) is 11.6 Å². The van der Waals surface area contributed by atoms with E-state index in [2.05, 4.69) is 10.1 Å². The molecule has 0 unspecified atom stereocenters. The Labute approximate surface area is 103 Å². The molecule has 0 aliphatic carbocycles. The first-order valence-corrected chi connectivity index (χ1v) is 5.18. The van der Waals surface area contributed by atoms with Crippen LogP contribution >= 0.6 is 0 Å². The summed E-state index contributed by atoms with van der Waals surface area (Å²) in [4.78, 5) is 0. The van der Waals surface area contributed by atoms with E-state index in [0.717, 1.165) is 12.1 Å². The zero-order valence-corrected chi connectivity index (χ0v) is 10.0. The second-order valence-corrected chi connectivity index (χ2v) is 4.42. The highest BCUT2D eigenvalue weighted by molar-refractivity contribution is 5.69. The second-order valence-electron chi connectivity index (χ2n) is 4.42. The Hall–Kier alpha value is -1.63. The van der Waals surface area contributed by atoms with Gasteiger partial charge in [-0.1, -0.05) is 0 Å². The first-order valence-electron chi connectivity index (χ1n) is 5.18. The Bertz CT molecular complexity index is 425. The molecule has 0 aromatic heterocycles. The van der Waals surface area contributed by atoms with Crippen LogP contribution in [0.25, 0.3) is 0 Å². The lowest BCUT2D eigenvalue weighted by atomic mass is 10.1. The average Bonchev–Trinajstić information content (AvgIpc) is 2.24. The SMILES string of the molecule is CC(C)(CO)Nc1cc(OC(F)F)c(F)cc1N. The number of nitrogen functional groups attached to an aromatic ring is 1. The molecule has 0 saturated carbocycles. The lowest BCUT2D eigenvalue weighted by Gasteiger charge is -2.26. The summed E-state index contributed by atoms with van der Waals surface area (Å²) < 4.78 is 41.4. The van der Waals surface area contributed by atoms with Crippen LogP contribution in [-0.4, -0.2) is 23.9 Å². The molecule has 1 rings (SSSR count). The van der Waals surface area contributed by atoms with Crippen molar-refractivity contribution in [3.63, 3.8) is 0 Å². The van der Waals surface area contributed by atoms with Crippen LogP contribution < -0.4 is 15.8 Å². The van der Waals surface area contributed by atoms with Crippen molar-refractivity contribution in [1.29, 1.82) is 0 Å². The predicted molar refractivity (Wildman–Crippen MR) is 62.2 cm³/mol. The number of anilines is 2. The third-order valence-electron chi connectivity index (χ3n) is 2.19. The summed E-state index contributed by atoms with van der Waals surface area (Å²) in [6.45, 7) is 0.00341. The summed E-state index contributed by atoms with van der Waals surface area (Å²) >= 11 is 0. The molecule has 7 heteroatoms. The van der Waals surface area contributed by atoms with E-state index in [1.165, 1.54) is 0 Å². The van der Waals surface area contributed by atoms with Crippen LogP contribution in [0.1, 0.15) is 13.8 Å². The molecular weight excluding hydrogens is 249 g/mol. The van der Waals surface area contributed by atoms with Crippen LogP contribution in [0, 0.1) is 5.82 Å². The van der Waals surface area contributed by atoms with Gasteiger partial charge in [0.1, 0.15) is 0 Å². The van der Waals surface area contributed by atoms with E-state index in [4.69, 9.17) is 10.8 Å². The van der Waals surface area contributed by atoms with Crippen molar-refractivity contribution in [2.75, 3.05) is 17.7 Å². The van der Waals surface area contributed by atoms with E-state index >= 15 is 0 Å². The van der Waals surface area contributed by atoms with E-state index in [1.54, 1.807) is 13.8 Å². The first-order chi connectivity index (χ1) is 8.25. The molecule has 0 heterocycles. The van der Waals surface area contributed by atoms with Gasteiger partial charge in [-0.15, -0.1) is 0 Å². The van der Waals surface area contributed by atoms with Crippen molar-refractivity contribution in [2.45, 2.75) is 26.0 Å². The standard InChI is InChI=1S/C11H15F3N2O2/c1-11(2,5-17)16-8-4-9(18-10(13)14)6(12)3-7(8)15/h3-4,10,16-17H,5,15H2,1-2H3. The minimum atomic E-state index is -3.12. The van der Waals surface area contributed by atoms with Gasteiger partial charge in [0.25, 0.3) is 0 Å². The number of hydrogen-bond acceptors (Lipinski definition) is 4. The third-order valence-corrected chi connectivity index (χ3v) is 2.19. The number of aliphatic hydroxyl groups is 1. The minimum Gasteiger partial charge on any atom is -0.432 e. The fraction of sp³-hybridized carbons (Fsp3) is 0.455. The van der Waals surface area contributed by atoms with Crippen molar-refractivity contribution in [3.8, 4) is 5.75 Å². The number of hydrogen-bond donors (Lipinski definition) is 3. The van der Waals surface area contributed by atoms with Crippen LogP contribution in [0.4, 0.5) is 24.5 Å². The normalized spacial score (nSPS) is 11.7. The summed E-state index contributed by atoms with van der Waals surface area (Å²) in [5.74, 6) is -1.57. The molecule has 0 fully saturated rings. The second kappa shape index (κ2) is 5.34. The minimum absolute atomic E-state index is 0.0376. The third kappa shape index (κ3) is 3.69. The van der Waals surface area contributed by atoms with Crippen LogP contribution in [0.5, 0.6) is 5.75 Å². The maximum absolute atomic E-state index is 13.3. The van der Waals surface area contributed by atoms with Crippen molar-refractivity contribution < 1.29 is 23.0 Å². The molecule has 0 radical (unpaired) electrons. The molecule has 1 aromatic carbocycles. The van der Waals surface area contributed by atoms with Gasteiger partial charge >= 0.3 is 6.61 Å². The fourth-order valence-corrected chi connectivity index (χ4v) is 1.27. The highest BCUT2D eigenvalue weighted by Crippen LogP contribution is 2.31. The molecule has 0 amide bonds. The molecule has 18 heavy (non-hydrogen) atoms. The molecule has 0 aliphatic rings. The number of aliphatic hydroxyl groups excluding tert-OH is 1. The molecule has 102 valence electrons. The molecule has 0 atom stereocenters. The maximum atomic E-state index is 13.3. The number of benzene rings is 1. The molecule has 0 saturated heterocycles. The number of nitrogens with two attached hydrogens (primary N) is 1. The molecular formula is C11H15F3N2O2. The monoisotopic (exact) mass is 264 g/mol. The smallest absolute Gasteiger partial charge is 0.387 e. The fourth-order valence-electron chi connectivity index (χ4n) is 1.27. The average molecular weight is 264 g/mol. The van der Waals surface area contributed by atoms with Gasteiger partial charge < -0.3 is 20.9 Å². The lowest BCUT2D eigenvalue weighted by molar-refractivity contribution is -0.0521. The zero-order chi connectivity index (χ0) is 13.9. The summed E-state index contributed by atoms with van der Waals surface area (Å²) in [6.07, 6.45) is 0. The van der Waals surface area contributed by atoms with E-state index in [1.807, 2.05) is 0 Å². The summed E-state index contributed by atoms with van der Waals surface area (Å²) in [5.41, 5.74) is 5.08. The molecule has 0 spiro atoms. The summed E-state index contributed by atoms with van der Waals surface area (Å²) in [5, 5.41) is 11.9. The lowest BCUT2D eigenvalue weighted by Crippen LogP contribution is -2.35. The van der Waals surface area contributed by atoms with Crippen LogP contribution in [0.3, 0.4) is 0 Å². The highest BCUT2D eigenvalue weighted by atomic mass is 19.3. The molecule has 0 bridgehead atoms. The molecule has 1 aromatic rings. The summed E-state index contributed by atoms with van der Waals surface area (Å²) in [7, 11) is 0. The number of halogens is 3. The Morgan fingerprint density at radius 3 is 2.56 bits per heavy atom. The first kappa shape index (κ1) is 14.4. The van der Waals surface area contributed by atoms with Crippen LogP contribution in [0.15, 0.2) is 12.1 Å². The van der Waals surface area contributed by atoms with Gasteiger partial charge in [-0.25, -0.2) is 4.39 Å². The van der Waals surface area contributed by atoms with Gasteiger partial charge in [0.2, 0.25) is 0 Å². The highest BCUT2D eigenvalue weighted by Gasteiger charge is 2.19. The van der Waals surface area contributed by atoms with E-state index < -0.39 is 23.7 Å². The maximum Gasteiger partial charge on any atom is 0.387 e. The van der Waals surface area contributed by atoms with Crippen LogP contribution in [0.2, 0.25) is 0 Å². The van der Waals surface area contributed by atoms with E-state index in [9.17, 15) is 13.2 Å². The van der Waals surface area contributed by atoms with Gasteiger partial charge in [-0.3, -0.25) is 0 Å². The Morgan fingerprint density at radius 1 is 1.44 bits per heavy atom. The number of rotatable bonds is 5. The van der Waals surface area contributed by atoms with E-state index in [-0.39, 0.29) is 18.0 Å². The predicted octanol–water partition coefficient (Wildman–Crippen LogP) is 2.19. The number of alkyl halides is 2. The van der Waals surface area contributed by atoms with Crippen molar-refractivity contribution in [1.82, 2.24) is 0 Å². The molecule has 4 nitrogen and oxygen atoms in total. The topological polar surface area (TPSA) is 67.5 Å². The van der Waals surface area contributed by atoms with Gasteiger partial charge in [0, 0.05) is 12.1 Å². The van der Waals surface area contributed by atoms with Crippen molar-refractivity contribution >= 4 is 11.4 Å². The van der Waals surface area contributed by atoms with Crippen LogP contribution in [-0.2, 0) is 0 Å². The Kier molecular flexibility index (Phi) is 4.28. The summed E-state index contributed by atoms with van der Waals surface area (Å²) in [6, 6.07) is 1.92. The Balaban J connectivity index is 3.05. The molecule has 4 N–H and O–H groups in total. The van der Waals surface area contributed by atoms with Gasteiger partial charge in [-0.05, 0) is 13.8 Å². The van der Waals surface area contributed by atoms with Gasteiger partial charge in [0.05, 0.1) is 23.5 Å². The zero-order valence-electron chi connectivity index (χ0n) is 10.0. The van der Waals surface area contributed by atoms with Gasteiger partial charge in [-0.2, -0.15) is 8.78 Å². The number of ether oxygens (including phenoxy) is 1. The van der Waals surface area contributed by atoms with Crippen molar-refractivity contribution in [3.05, 3.63) is 17.9 Å². The van der Waals surface area contributed by atoms with E-state index in [0.29, 0.717) is 0 Å². The molecule has 0 aliphatic heterocycles. The number of nitrogens with one attached hydrogen (secondary N) is 1. The Morgan fingerprint density at radius 2 is 2.06 bits per heavy atom. The van der Waals surface area contributed by atoms with Crippen molar-refractivity contribution in [2.24, 2.45) is 0 Å². The quantitative estimate of drug-likeness (QED) is 0.713.